The van der Waals surface area contributed by atoms with Crippen molar-refractivity contribution in [1.29, 1.82) is 0 Å². The summed E-state index contributed by atoms with van der Waals surface area (Å²) in [5.74, 6) is 2.70. The van der Waals surface area contributed by atoms with E-state index in [1.54, 1.807) is 38.7 Å². The van der Waals surface area contributed by atoms with E-state index in [4.69, 9.17) is 0 Å². The topological polar surface area (TPSA) is 232 Å². The third kappa shape index (κ3) is 13.0. The molecule has 5 aliphatic rings. The van der Waals surface area contributed by atoms with Crippen molar-refractivity contribution in [1.82, 2.24) is 19.6 Å². The third-order valence-corrected chi connectivity index (χ3v) is 15.9. The summed E-state index contributed by atoms with van der Waals surface area (Å²) in [6, 6.07) is 15.2. The first-order valence-corrected chi connectivity index (χ1v) is 25.0. The first-order chi connectivity index (χ1) is 33.8. The van der Waals surface area contributed by atoms with Gasteiger partial charge in [0.1, 0.15) is 5.60 Å². The van der Waals surface area contributed by atoms with Crippen molar-refractivity contribution in [3.8, 4) is 11.8 Å². The van der Waals surface area contributed by atoms with Crippen molar-refractivity contribution in [3.05, 3.63) is 82.5 Å². The van der Waals surface area contributed by atoms with Gasteiger partial charge in [-0.3, -0.25) is 48.4 Å². The second kappa shape index (κ2) is 23.1. The maximum atomic E-state index is 13.3. The van der Waals surface area contributed by atoms with Crippen LogP contribution in [0.15, 0.2) is 71.3 Å². The highest BCUT2D eigenvalue weighted by atomic mass is 16.4. The van der Waals surface area contributed by atoms with Crippen LogP contribution in [0.4, 0.5) is 11.4 Å². The number of benzene rings is 2. The maximum absolute atomic E-state index is 13.3. The average Bonchev–Trinajstić information content (AvgIpc) is 3.58. The van der Waals surface area contributed by atoms with Gasteiger partial charge < -0.3 is 35.7 Å². The molecule has 1 heterocycles. The van der Waals surface area contributed by atoms with E-state index in [1.807, 2.05) is 30.2 Å². The number of aliphatic hydroxyl groups is 1. The predicted molar refractivity (Wildman–Crippen MR) is 267 cm³/mol. The fourth-order valence-electron chi connectivity index (χ4n) is 12.3. The summed E-state index contributed by atoms with van der Waals surface area (Å²) in [5.41, 5.74) is 6.08. The standard InChI is InChI=1S/C54H70N6O11/c1-4-19-54(71)20-17-46-44-15-9-38-29-42(61)14-16-43(38)52(44)45(30-53(46,54)2)37-7-12-40(13-8-37)56(3)21-18-47(62)55-39-10-5-36(6-11-39)28-41-31-59(34-50(67)68)25-24-57(32-48(63)64)22-23-58(33-49(65)66)26-27-60(41)35-51(69)70/h5-8,10-13,29,41,44-46,71H,9,14-18,20-28,30-35H2,1-3H3,(H,55,62)(H,63,64)(H,65,66)(H,67,68)(H,69,70)/t41?,44?,45?,46?,53-,54-/m0/s1. The van der Waals surface area contributed by atoms with Gasteiger partial charge in [0, 0.05) is 101 Å². The molecule has 3 fully saturated rings. The molecule has 2 saturated carbocycles. The van der Waals surface area contributed by atoms with Crippen LogP contribution in [0.1, 0.15) is 82.3 Å². The van der Waals surface area contributed by atoms with E-state index in [2.05, 4.69) is 48.3 Å². The number of carbonyl (C=O) groups excluding carboxylic acids is 2. The van der Waals surface area contributed by atoms with Crippen molar-refractivity contribution in [2.75, 3.05) is 95.8 Å². The summed E-state index contributed by atoms with van der Waals surface area (Å²) in [7, 11) is 1.95. The highest BCUT2D eigenvalue weighted by Crippen LogP contribution is 2.66. The van der Waals surface area contributed by atoms with Gasteiger partial charge >= 0.3 is 23.9 Å². The number of aliphatic carboxylic acids is 4. The molecule has 4 aliphatic carbocycles. The minimum atomic E-state index is -1.09. The molecule has 0 spiro atoms. The molecule has 2 aromatic rings. The molecule has 1 amide bonds. The molecule has 7 rings (SSSR count). The Bertz CT molecular complexity index is 2450. The Hall–Kier alpha value is -5.90. The molecule has 6 N–H and O–H groups in total. The lowest BCUT2D eigenvalue weighted by Gasteiger charge is -2.53. The fraction of sp³-hybridized carbons (Fsp3) is 0.556. The number of anilines is 2. The lowest BCUT2D eigenvalue weighted by molar-refractivity contribution is -0.142. The number of nitrogens with one attached hydrogen (secondary N) is 1. The van der Waals surface area contributed by atoms with Gasteiger partial charge in [0.25, 0.3) is 0 Å². The summed E-state index contributed by atoms with van der Waals surface area (Å²) in [5, 5.41) is 54.0. The zero-order valence-electron chi connectivity index (χ0n) is 41.3. The number of carboxylic acids is 4. The predicted octanol–water partition coefficient (Wildman–Crippen LogP) is 4.28. The summed E-state index contributed by atoms with van der Waals surface area (Å²) >= 11 is 0. The van der Waals surface area contributed by atoms with Crippen LogP contribution >= 0.6 is 0 Å². The van der Waals surface area contributed by atoms with Gasteiger partial charge in [0.2, 0.25) is 5.91 Å². The van der Waals surface area contributed by atoms with Crippen LogP contribution in [0.3, 0.4) is 0 Å². The van der Waals surface area contributed by atoms with Crippen LogP contribution in [-0.2, 0) is 35.2 Å². The number of carboxylic acid groups (broad SMARTS) is 4. The molecule has 1 saturated heterocycles. The highest BCUT2D eigenvalue weighted by Gasteiger charge is 2.62. The van der Waals surface area contributed by atoms with E-state index in [9.17, 15) is 54.3 Å². The molecule has 4 unspecified atom stereocenters. The molecule has 0 bridgehead atoms. The van der Waals surface area contributed by atoms with Crippen molar-refractivity contribution in [2.45, 2.75) is 89.2 Å². The van der Waals surface area contributed by atoms with E-state index in [-0.39, 0.29) is 101 Å². The number of amides is 1. The number of hydrogen-bond donors (Lipinski definition) is 6. The smallest absolute Gasteiger partial charge is 0.317 e. The second-order valence-corrected chi connectivity index (χ2v) is 20.5. The normalized spacial score (nSPS) is 26.8. The van der Waals surface area contributed by atoms with Crippen molar-refractivity contribution >= 4 is 46.9 Å². The zero-order valence-corrected chi connectivity index (χ0v) is 41.3. The largest absolute Gasteiger partial charge is 0.480 e. The van der Waals surface area contributed by atoms with Gasteiger partial charge in [-0.05, 0) is 116 Å². The third-order valence-electron chi connectivity index (χ3n) is 15.9. The van der Waals surface area contributed by atoms with Crippen molar-refractivity contribution in [3.63, 3.8) is 0 Å². The minimum Gasteiger partial charge on any atom is -0.480 e. The van der Waals surface area contributed by atoms with Gasteiger partial charge in [0.05, 0.1) is 26.2 Å². The number of hydrogen-bond acceptors (Lipinski definition) is 12. The van der Waals surface area contributed by atoms with E-state index in [0.717, 1.165) is 43.4 Å². The SMILES string of the molecule is CC#C[C@]1(O)CCC2C3CCC4=CC(=O)CCC4=C3C(c3ccc(N(C)CCC(=O)Nc4ccc(CC5CN(CC(=O)O)CCN(CC(=O)O)CCN(CC(=O)O)CCN5CC(=O)O)cc4)cc3)C[C@@]21C. The molecule has 17 nitrogen and oxygen atoms in total. The number of rotatable bonds is 16. The minimum absolute atomic E-state index is 0.0816. The van der Waals surface area contributed by atoms with Gasteiger partial charge in [-0.15, -0.1) is 5.92 Å². The van der Waals surface area contributed by atoms with Crippen LogP contribution in [0, 0.1) is 29.1 Å². The van der Waals surface area contributed by atoms with Crippen molar-refractivity contribution in [2.24, 2.45) is 17.3 Å². The first kappa shape index (κ1) is 52.9. The molecule has 6 atom stereocenters. The van der Waals surface area contributed by atoms with Gasteiger partial charge in [-0.25, -0.2) is 0 Å². The highest BCUT2D eigenvalue weighted by molar-refractivity contribution is 5.93. The van der Waals surface area contributed by atoms with Gasteiger partial charge in [-0.2, -0.15) is 0 Å². The first-order valence-electron chi connectivity index (χ1n) is 25.0. The Morgan fingerprint density at radius 2 is 1.38 bits per heavy atom. The summed E-state index contributed by atoms with van der Waals surface area (Å²) in [6.07, 6.45) is 7.92. The Balaban J connectivity index is 1.01. The summed E-state index contributed by atoms with van der Waals surface area (Å²) < 4.78 is 0. The molecule has 382 valence electrons. The Morgan fingerprint density at radius 1 is 0.775 bits per heavy atom. The van der Waals surface area contributed by atoms with Crippen molar-refractivity contribution < 1.29 is 54.3 Å². The van der Waals surface area contributed by atoms with E-state index in [0.29, 0.717) is 43.3 Å². The number of fused-ring (bicyclic) bond motifs is 4. The Labute approximate surface area is 416 Å². The number of ketones is 1. The van der Waals surface area contributed by atoms with E-state index < -0.39 is 35.5 Å². The number of carbonyl (C=O) groups is 6. The second-order valence-electron chi connectivity index (χ2n) is 20.5. The van der Waals surface area contributed by atoms with Crippen LogP contribution in [0.2, 0.25) is 0 Å². The Morgan fingerprint density at radius 3 is 2.00 bits per heavy atom. The summed E-state index contributed by atoms with van der Waals surface area (Å²) in [6.45, 7) is 4.48. The molecule has 0 radical (unpaired) electrons. The Kier molecular flexibility index (Phi) is 17.2. The quantitative estimate of drug-likeness (QED) is 0.129. The molecule has 17 heteroatoms. The van der Waals surface area contributed by atoms with Crippen LogP contribution in [0.5, 0.6) is 0 Å². The maximum Gasteiger partial charge on any atom is 0.317 e. The molecule has 71 heavy (non-hydrogen) atoms. The molecule has 1 aliphatic heterocycles. The monoisotopic (exact) mass is 979 g/mol. The molecule has 0 aromatic heterocycles. The molecular formula is C54H70N6O11. The van der Waals surface area contributed by atoms with E-state index >= 15 is 0 Å². The number of allylic oxidation sites excluding steroid dienone is 4. The lowest BCUT2D eigenvalue weighted by Crippen LogP contribution is -2.53. The van der Waals surface area contributed by atoms with Gasteiger partial charge in [0.15, 0.2) is 5.78 Å². The zero-order chi connectivity index (χ0) is 51.0. The molecular weight excluding hydrogens is 909 g/mol. The van der Waals surface area contributed by atoms with Crippen LogP contribution in [-0.4, -0.2) is 178 Å². The fourth-order valence-corrected chi connectivity index (χ4v) is 12.3. The summed E-state index contributed by atoms with van der Waals surface area (Å²) in [4.78, 5) is 82.2. The van der Waals surface area contributed by atoms with Crippen LogP contribution in [0.25, 0.3) is 0 Å². The van der Waals surface area contributed by atoms with Crippen LogP contribution < -0.4 is 10.2 Å². The van der Waals surface area contributed by atoms with E-state index in [1.165, 1.54) is 22.3 Å². The van der Waals surface area contributed by atoms with Gasteiger partial charge in [-0.1, -0.05) is 42.7 Å². The lowest BCUT2D eigenvalue weighted by atomic mass is 9.51. The average molecular weight is 979 g/mol. The number of nitrogens with zero attached hydrogens (tertiary/aromatic N) is 5. The molecule has 2 aromatic carbocycles.